The van der Waals surface area contributed by atoms with Gasteiger partial charge in [0, 0.05) is 5.56 Å². The predicted molar refractivity (Wildman–Crippen MR) is 127 cm³/mol. The van der Waals surface area contributed by atoms with Gasteiger partial charge in [0.15, 0.2) is 10.8 Å². The van der Waals surface area contributed by atoms with Crippen molar-refractivity contribution in [1.29, 1.82) is 0 Å². The Hall–Kier alpha value is -3.71. The molecule has 1 aromatic heterocycles. The Bertz CT molecular complexity index is 1180. The van der Waals surface area contributed by atoms with Gasteiger partial charge in [0.25, 0.3) is 0 Å². The van der Waals surface area contributed by atoms with Crippen LogP contribution in [-0.2, 0) is 0 Å². The average molecular weight is 431 g/mol. The molecular formula is C24H22N4O2S. The number of ether oxygens (including phenoxy) is 2. The Morgan fingerprint density at radius 3 is 2.58 bits per heavy atom. The molecule has 156 valence electrons. The summed E-state index contributed by atoms with van der Waals surface area (Å²) in [6.45, 7) is 2.58. The van der Waals surface area contributed by atoms with Crippen LogP contribution in [0.25, 0.3) is 10.2 Å². The minimum Gasteiger partial charge on any atom is -0.496 e. The number of fused-ring (bicyclic) bond motifs is 1. The summed E-state index contributed by atoms with van der Waals surface area (Å²) in [5.74, 6) is 2.12. The summed E-state index contributed by atoms with van der Waals surface area (Å²) in [7, 11) is 1.64. The van der Waals surface area contributed by atoms with Crippen molar-refractivity contribution in [3.05, 3.63) is 83.4 Å². The van der Waals surface area contributed by atoms with E-state index < -0.39 is 0 Å². The average Bonchev–Trinajstić information content (AvgIpc) is 3.24. The highest BCUT2D eigenvalue weighted by Crippen LogP contribution is 2.24. The second kappa shape index (κ2) is 9.86. The van der Waals surface area contributed by atoms with Gasteiger partial charge in [-0.25, -0.2) is 9.98 Å². The van der Waals surface area contributed by atoms with Crippen molar-refractivity contribution in [2.24, 2.45) is 10.1 Å². The van der Waals surface area contributed by atoms with Crippen molar-refractivity contribution in [2.45, 2.75) is 6.92 Å². The number of rotatable bonds is 7. The van der Waals surface area contributed by atoms with Gasteiger partial charge in [-0.2, -0.15) is 5.10 Å². The fourth-order valence-electron chi connectivity index (χ4n) is 2.94. The van der Waals surface area contributed by atoms with Crippen molar-refractivity contribution in [3.63, 3.8) is 0 Å². The highest BCUT2D eigenvalue weighted by molar-refractivity contribution is 7.20. The van der Waals surface area contributed by atoms with E-state index in [0.29, 0.717) is 12.4 Å². The van der Waals surface area contributed by atoms with E-state index in [-0.39, 0.29) is 0 Å². The van der Waals surface area contributed by atoms with E-state index in [2.05, 4.69) is 10.5 Å². The number of hydrogen-bond donors (Lipinski definition) is 1. The molecule has 4 rings (SSSR count). The van der Waals surface area contributed by atoms with E-state index in [4.69, 9.17) is 19.5 Å². The summed E-state index contributed by atoms with van der Waals surface area (Å²) in [5, 5.41) is 5.15. The van der Waals surface area contributed by atoms with Gasteiger partial charge < -0.3 is 9.47 Å². The maximum atomic E-state index is 5.52. The largest absolute Gasteiger partial charge is 0.496 e. The van der Waals surface area contributed by atoms with Crippen LogP contribution in [0.2, 0.25) is 0 Å². The number of nitrogens with one attached hydrogen (secondary N) is 1. The van der Waals surface area contributed by atoms with Gasteiger partial charge in [-0.1, -0.05) is 24.3 Å². The highest BCUT2D eigenvalue weighted by atomic mass is 32.1. The van der Waals surface area contributed by atoms with E-state index >= 15 is 0 Å². The zero-order chi connectivity index (χ0) is 21.5. The number of aromatic nitrogens is 1. The van der Waals surface area contributed by atoms with Crippen molar-refractivity contribution in [2.75, 3.05) is 13.7 Å². The van der Waals surface area contributed by atoms with Crippen LogP contribution in [0.4, 0.5) is 5.69 Å². The number of hydrogen-bond acceptors (Lipinski definition) is 6. The van der Waals surface area contributed by atoms with Gasteiger partial charge in [-0.05, 0) is 55.5 Å². The van der Waals surface area contributed by atoms with Crippen molar-refractivity contribution in [3.8, 4) is 11.5 Å². The minimum absolute atomic E-state index is 0.566. The monoisotopic (exact) mass is 430 g/mol. The van der Waals surface area contributed by atoms with Gasteiger partial charge in [-0.3, -0.25) is 5.43 Å². The molecule has 0 saturated carbocycles. The number of methoxy groups -OCH3 is 1. The van der Waals surface area contributed by atoms with Crippen LogP contribution in [0.1, 0.15) is 17.5 Å². The summed E-state index contributed by atoms with van der Waals surface area (Å²) >= 11 is 1.56. The maximum absolute atomic E-state index is 5.52. The van der Waals surface area contributed by atoms with Crippen LogP contribution in [0.3, 0.4) is 0 Å². The molecule has 0 aliphatic rings. The number of nitrogens with zero attached hydrogens (tertiary/aromatic N) is 3. The maximum Gasteiger partial charge on any atom is 0.183 e. The standard InChI is InChI=1S/C24H22N4O2S/c1-3-30-19-14-12-18(13-15-19)26-23(24-27-20-9-5-7-11-22(20)31-24)28-25-16-17-8-4-6-10-21(17)29-2/h4-16H,3H2,1-2H3,(H,26,28). The third kappa shape index (κ3) is 5.07. The molecule has 1 heterocycles. The smallest absolute Gasteiger partial charge is 0.183 e. The van der Waals surface area contributed by atoms with Gasteiger partial charge in [0.1, 0.15) is 11.5 Å². The molecular weight excluding hydrogens is 408 g/mol. The van der Waals surface area contributed by atoms with E-state index in [1.807, 2.05) is 79.7 Å². The lowest BCUT2D eigenvalue weighted by Crippen LogP contribution is -2.18. The Morgan fingerprint density at radius 1 is 1.03 bits per heavy atom. The summed E-state index contributed by atoms with van der Waals surface area (Å²) < 4.78 is 12.0. The molecule has 1 N–H and O–H groups in total. The molecule has 0 atom stereocenters. The number of thiazole rings is 1. The molecule has 0 aliphatic heterocycles. The highest BCUT2D eigenvalue weighted by Gasteiger charge is 2.11. The fraction of sp³-hybridized carbons (Fsp3) is 0.125. The number of benzene rings is 3. The van der Waals surface area contributed by atoms with E-state index in [9.17, 15) is 0 Å². The van der Waals surface area contributed by atoms with Crippen LogP contribution in [0, 0.1) is 0 Å². The molecule has 4 aromatic rings. The first-order chi connectivity index (χ1) is 15.3. The van der Waals surface area contributed by atoms with Crippen LogP contribution in [0.15, 0.2) is 82.9 Å². The quantitative estimate of drug-likeness (QED) is 0.242. The summed E-state index contributed by atoms with van der Waals surface area (Å²) in [6.07, 6.45) is 1.71. The normalized spacial score (nSPS) is 11.7. The number of hydrazone groups is 1. The van der Waals surface area contributed by atoms with Crippen molar-refractivity contribution < 1.29 is 9.47 Å². The summed E-state index contributed by atoms with van der Waals surface area (Å²) in [4.78, 5) is 9.47. The summed E-state index contributed by atoms with van der Waals surface area (Å²) in [6, 6.07) is 23.3. The topological polar surface area (TPSA) is 68.1 Å². The van der Waals surface area contributed by atoms with Gasteiger partial charge in [-0.15, -0.1) is 11.3 Å². The first-order valence-electron chi connectivity index (χ1n) is 9.86. The van der Waals surface area contributed by atoms with E-state index in [1.165, 1.54) is 0 Å². The molecule has 7 heteroatoms. The molecule has 0 fully saturated rings. The molecule has 31 heavy (non-hydrogen) atoms. The van der Waals surface area contributed by atoms with Gasteiger partial charge >= 0.3 is 0 Å². The molecule has 0 amide bonds. The second-order valence-electron chi connectivity index (χ2n) is 6.49. The molecule has 0 radical (unpaired) electrons. The van der Waals surface area contributed by atoms with Crippen molar-refractivity contribution >= 4 is 39.3 Å². The predicted octanol–water partition coefficient (Wildman–Crippen LogP) is 5.41. The molecule has 0 spiro atoms. The van der Waals surface area contributed by atoms with Crippen molar-refractivity contribution in [1.82, 2.24) is 10.4 Å². The first kappa shape index (κ1) is 20.6. The zero-order valence-electron chi connectivity index (χ0n) is 17.3. The second-order valence-corrected chi connectivity index (χ2v) is 7.52. The number of para-hydroxylation sites is 2. The lowest BCUT2D eigenvalue weighted by atomic mass is 10.2. The SMILES string of the molecule is CCOc1ccc(N=C(NN=Cc2ccccc2OC)c2nc3ccccc3s2)cc1. The lowest BCUT2D eigenvalue weighted by molar-refractivity contribution is 0.340. The summed E-state index contributed by atoms with van der Waals surface area (Å²) in [5.41, 5.74) is 5.63. The Labute approximate surface area is 184 Å². The van der Waals surface area contributed by atoms with Gasteiger partial charge in [0.2, 0.25) is 0 Å². The van der Waals surface area contributed by atoms with Crippen LogP contribution in [-0.4, -0.2) is 30.8 Å². The molecule has 3 aromatic carbocycles. The Kier molecular flexibility index (Phi) is 6.54. The minimum atomic E-state index is 0.566. The Balaban J connectivity index is 1.65. The fourth-order valence-corrected chi connectivity index (χ4v) is 3.85. The molecule has 0 unspecified atom stereocenters. The van der Waals surface area contributed by atoms with E-state index in [0.717, 1.165) is 38.0 Å². The van der Waals surface area contributed by atoms with E-state index in [1.54, 1.807) is 24.7 Å². The zero-order valence-corrected chi connectivity index (χ0v) is 18.1. The molecule has 6 nitrogen and oxygen atoms in total. The Morgan fingerprint density at radius 2 is 1.81 bits per heavy atom. The number of aliphatic imine (C=N–C) groups is 1. The van der Waals surface area contributed by atoms with Gasteiger partial charge in [0.05, 0.1) is 35.8 Å². The van der Waals surface area contributed by atoms with Crippen LogP contribution >= 0.6 is 11.3 Å². The first-order valence-corrected chi connectivity index (χ1v) is 10.7. The molecule has 0 bridgehead atoms. The molecule has 0 saturated heterocycles. The third-order valence-electron chi connectivity index (χ3n) is 4.40. The van der Waals surface area contributed by atoms with Crippen LogP contribution < -0.4 is 14.9 Å². The number of amidine groups is 1. The molecule has 0 aliphatic carbocycles. The lowest BCUT2D eigenvalue weighted by Gasteiger charge is -2.06. The third-order valence-corrected chi connectivity index (χ3v) is 5.44. The van der Waals surface area contributed by atoms with Crippen LogP contribution in [0.5, 0.6) is 11.5 Å².